The molecule has 2 heterocycles. The summed E-state index contributed by atoms with van der Waals surface area (Å²) in [4.78, 5) is 24.1. The molecular formula is C25H28O12. The van der Waals surface area contributed by atoms with Crippen LogP contribution in [0.2, 0.25) is 0 Å². The van der Waals surface area contributed by atoms with Gasteiger partial charge in [-0.1, -0.05) is 18.7 Å². The van der Waals surface area contributed by atoms with Gasteiger partial charge in [-0.25, -0.2) is 4.79 Å². The SMILES string of the molecule is C=C1C2[C@H](O[C@@H]3O[C@H](CO)[C@@H](O)[C@H](O)[C@H]3O)OC=C(C=O)[C@@]2(O)C[C@@H]1OC(=O)/C=C/c1cccc(O)c1. The molecule has 200 valence electrons. The van der Waals surface area contributed by atoms with Crippen LogP contribution in [0.5, 0.6) is 5.75 Å². The van der Waals surface area contributed by atoms with Crippen LogP contribution in [-0.4, -0.2) is 98.2 Å². The van der Waals surface area contributed by atoms with E-state index in [0.717, 1.165) is 12.3 Å². The molecule has 0 bridgehead atoms. The number of ether oxygens (including phenoxy) is 4. The Balaban J connectivity index is 1.51. The molecule has 6 N–H and O–H groups in total. The fraction of sp³-hybridized carbons (Fsp3) is 0.440. The van der Waals surface area contributed by atoms with Gasteiger partial charge < -0.3 is 49.6 Å². The van der Waals surface area contributed by atoms with Gasteiger partial charge in [0.2, 0.25) is 6.29 Å². The zero-order valence-electron chi connectivity index (χ0n) is 19.5. The number of carbonyl (C=O) groups is 2. The average Bonchev–Trinajstić information content (AvgIpc) is 3.13. The topological polar surface area (TPSA) is 192 Å². The van der Waals surface area contributed by atoms with Crippen molar-refractivity contribution >= 4 is 18.3 Å². The van der Waals surface area contributed by atoms with Gasteiger partial charge >= 0.3 is 5.97 Å². The van der Waals surface area contributed by atoms with Crippen LogP contribution in [0, 0.1) is 5.92 Å². The second-order valence-electron chi connectivity index (χ2n) is 9.06. The minimum atomic E-state index is -1.91. The number of phenols is 1. The molecule has 12 heteroatoms. The summed E-state index contributed by atoms with van der Waals surface area (Å²) in [5, 5.41) is 60.7. The van der Waals surface area contributed by atoms with Gasteiger partial charge in [-0.3, -0.25) is 4.79 Å². The molecule has 1 unspecified atom stereocenters. The Bertz CT molecular complexity index is 1100. The summed E-state index contributed by atoms with van der Waals surface area (Å²) in [5.41, 5.74) is -1.36. The number of hydrogen-bond acceptors (Lipinski definition) is 12. The van der Waals surface area contributed by atoms with Crippen LogP contribution in [0.4, 0.5) is 0 Å². The Morgan fingerprint density at radius 3 is 2.62 bits per heavy atom. The minimum absolute atomic E-state index is 0.0182. The third-order valence-electron chi connectivity index (χ3n) is 6.71. The number of fused-ring (bicyclic) bond motifs is 1. The normalized spacial score (nSPS) is 37.5. The van der Waals surface area contributed by atoms with Crippen molar-refractivity contribution in [1.29, 1.82) is 0 Å². The highest BCUT2D eigenvalue weighted by molar-refractivity contribution is 5.87. The first-order valence-corrected chi connectivity index (χ1v) is 11.4. The first-order valence-electron chi connectivity index (χ1n) is 11.4. The van der Waals surface area contributed by atoms with E-state index in [4.69, 9.17) is 18.9 Å². The summed E-state index contributed by atoms with van der Waals surface area (Å²) in [6.07, 6.45) is -6.69. The lowest BCUT2D eigenvalue weighted by atomic mass is 9.81. The number of hydrogen-bond donors (Lipinski definition) is 6. The van der Waals surface area contributed by atoms with E-state index in [0.29, 0.717) is 11.8 Å². The number of rotatable bonds is 7. The first kappa shape index (κ1) is 26.9. The number of aliphatic hydroxyl groups is 5. The molecule has 2 aliphatic heterocycles. The molecular weight excluding hydrogens is 492 g/mol. The molecule has 0 spiro atoms. The Labute approximate surface area is 211 Å². The first-order chi connectivity index (χ1) is 17.6. The molecule has 4 rings (SSSR count). The molecule has 1 aromatic rings. The maximum atomic E-state index is 12.5. The predicted octanol–water partition coefficient (Wildman–Crippen LogP) is -1.12. The Morgan fingerprint density at radius 1 is 1.19 bits per heavy atom. The van der Waals surface area contributed by atoms with Crippen molar-refractivity contribution < 1.29 is 59.2 Å². The second kappa shape index (κ2) is 10.7. The maximum absolute atomic E-state index is 12.5. The van der Waals surface area contributed by atoms with E-state index in [2.05, 4.69) is 6.58 Å². The van der Waals surface area contributed by atoms with E-state index >= 15 is 0 Å². The zero-order chi connectivity index (χ0) is 26.9. The molecule has 37 heavy (non-hydrogen) atoms. The van der Waals surface area contributed by atoms with E-state index in [-0.39, 0.29) is 23.3 Å². The molecule has 1 aliphatic carbocycles. The third kappa shape index (κ3) is 5.18. The van der Waals surface area contributed by atoms with E-state index in [1.807, 2.05) is 0 Å². The number of esters is 1. The van der Waals surface area contributed by atoms with Crippen LogP contribution in [0.15, 0.2) is 54.3 Å². The summed E-state index contributed by atoms with van der Waals surface area (Å²) >= 11 is 0. The number of carbonyl (C=O) groups excluding carboxylic acids is 2. The number of aromatic hydroxyl groups is 1. The molecule has 1 aromatic carbocycles. The molecule has 2 fully saturated rings. The van der Waals surface area contributed by atoms with Crippen LogP contribution in [0.1, 0.15) is 12.0 Å². The van der Waals surface area contributed by atoms with Gasteiger partial charge in [0.1, 0.15) is 41.9 Å². The van der Waals surface area contributed by atoms with Gasteiger partial charge in [0.05, 0.1) is 24.4 Å². The van der Waals surface area contributed by atoms with Crippen molar-refractivity contribution in [3.05, 3.63) is 59.9 Å². The summed E-state index contributed by atoms with van der Waals surface area (Å²) < 4.78 is 22.0. The van der Waals surface area contributed by atoms with Crippen LogP contribution in [-0.2, 0) is 28.5 Å². The maximum Gasteiger partial charge on any atom is 0.331 e. The highest BCUT2D eigenvalue weighted by atomic mass is 16.8. The molecule has 1 saturated carbocycles. The Morgan fingerprint density at radius 2 is 1.95 bits per heavy atom. The molecule has 12 nitrogen and oxygen atoms in total. The van der Waals surface area contributed by atoms with Gasteiger partial charge in [-0.05, 0) is 29.3 Å². The van der Waals surface area contributed by atoms with E-state index in [9.17, 15) is 40.2 Å². The largest absolute Gasteiger partial charge is 0.508 e. The van der Waals surface area contributed by atoms with E-state index in [1.54, 1.807) is 12.1 Å². The fourth-order valence-corrected chi connectivity index (χ4v) is 4.71. The molecule has 9 atom stereocenters. The van der Waals surface area contributed by atoms with Crippen molar-refractivity contribution in [2.45, 2.75) is 55.1 Å². The lowest BCUT2D eigenvalue weighted by Crippen LogP contribution is -2.60. The number of aldehydes is 1. The van der Waals surface area contributed by atoms with Gasteiger partial charge in [-0.15, -0.1) is 0 Å². The lowest BCUT2D eigenvalue weighted by molar-refractivity contribution is -0.342. The van der Waals surface area contributed by atoms with Crippen molar-refractivity contribution in [3.8, 4) is 5.75 Å². The van der Waals surface area contributed by atoms with Gasteiger partial charge in [-0.2, -0.15) is 0 Å². The fourth-order valence-electron chi connectivity index (χ4n) is 4.71. The van der Waals surface area contributed by atoms with Crippen molar-refractivity contribution in [3.63, 3.8) is 0 Å². The molecule has 3 aliphatic rings. The smallest absolute Gasteiger partial charge is 0.331 e. The molecule has 0 radical (unpaired) electrons. The average molecular weight is 520 g/mol. The number of aliphatic hydroxyl groups excluding tert-OH is 4. The molecule has 0 amide bonds. The van der Waals surface area contributed by atoms with Crippen LogP contribution in [0.25, 0.3) is 6.08 Å². The summed E-state index contributed by atoms with van der Waals surface area (Å²) in [6, 6.07) is 6.18. The predicted molar refractivity (Wildman–Crippen MR) is 123 cm³/mol. The standard InChI is InChI=1S/C25H28O12/c1-12-16(35-18(29)6-5-13-3-2-4-15(28)7-13)8-25(33)14(9-26)11-34-23(19(12)25)37-24-22(32)21(31)20(30)17(10-27)36-24/h2-7,9,11,16-17,19-24,27-28,30-33H,1,8,10H2/b6-5+/t16-,17+,19?,20+,21-,22+,23-,24-,25-/m0/s1. The molecule has 0 aromatic heterocycles. The quantitative estimate of drug-likeness (QED) is 0.110. The summed E-state index contributed by atoms with van der Waals surface area (Å²) in [5.74, 6) is -1.91. The highest BCUT2D eigenvalue weighted by Crippen LogP contribution is 2.50. The third-order valence-corrected chi connectivity index (χ3v) is 6.71. The number of phenolic OH excluding ortho intramolecular Hbond substituents is 1. The minimum Gasteiger partial charge on any atom is -0.508 e. The van der Waals surface area contributed by atoms with Crippen molar-refractivity contribution in [2.24, 2.45) is 5.92 Å². The van der Waals surface area contributed by atoms with E-state index in [1.165, 1.54) is 18.2 Å². The Kier molecular flexibility index (Phi) is 7.80. The number of benzene rings is 1. The van der Waals surface area contributed by atoms with Gasteiger partial charge in [0.15, 0.2) is 12.6 Å². The second-order valence-corrected chi connectivity index (χ2v) is 9.06. The summed E-state index contributed by atoms with van der Waals surface area (Å²) in [7, 11) is 0. The van der Waals surface area contributed by atoms with Gasteiger partial charge in [0.25, 0.3) is 0 Å². The van der Waals surface area contributed by atoms with Crippen molar-refractivity contribution in [1.82, 2.24) is 0 Å². The lowest BCUT2D eigenvalue weighted by Gasteiger charge is -2.44. The van der Waals surface area contributed by atoms with Crippen molar-refractivity contribution in [2.75, 3.05) is 6.61 Å². The highest BCUT2D eigenvalue weighted by Gasteiger charge is 2.59. The van der Waals surface area contributed by atoms with E-state index < -0.39 is 67.2 Å². The Hall–Kier alpha value is -3.10. The zero-order valence-corrected chi connectivity index (χ0v) is 19.5. The van der Waals surface area contributed by atoms with Crippen LogP contribution < -0.4 is 0 Å². The van der Waals surface area contributed by atoms with Crippen LogP contribution in [0.3, 0.4) is 0 Å². The van der Waals surface area contributed by atoms with Crippen LogP contribution >= 0.6 is 0 Å². The van der Waals surface area contributed by atoms with Gasteiger partial charge in [0, 0.05) is 12.5 Å². The molecule has 1 saturated heterocycles. The summed E-state index contributed by atoms with van der Waals surface area (Å²) in [6.45, 7) is 3.23. The monoisotopic (exact) mass is 520 g/mol.